The Labute approximate surface area is 184 Å². The van der Waals surface area contributed by atoms with E-state index < -0.39 is 6.04 Å². The summed E-state index contributed by atoms with van der Waals surface area (Å²) in [5.41, 5.74) is 1.42. The number of rotatable bonds is 2. The highest BCUT2D eigenvalue weighted by atomic mass is 35.5. The fraction of sp³-hybridized carbons (Fsp3) is 0.217. The van der Waals surface area contributed by atoms with E-state index in [-0.39, 0.29) is 11.8 Å². The van der Waals surface area contributed by atoms with Crippen LogP contribution in [0, 0.1) is 0 Å². The number of para-hydroxylation sites is 1. The lowest BCUT2D eigenvalue weighted by atomic mass is 10.0. The predicted octanol–water partition coefficient (Wildman–Crippen LogP) is 4.18. The van der Waals surface area contributed by atoms with E-state index in [0.29, 0.717) is 54.1 Å². The first-order chi connectivity index (χ1) is 15.1. The molecular formula is C23H20ClN3O4. The number of amides is 2. The van der Waals surface area contributed by atoms with Crippen molar-refractivity contribution in [1.82, 2.24) is 9.80 Å². The molecule has 158 valence electrons. The van der Waals surface area contributed by atoms with Gasteiger partial charge in [0.25, 0.3) is 5.91 Å². The maximum Gasteiger partial charge on any atom is 0.289 e. The van der Waals surface area contributed by atoms with Gasteiger partial charge in [0, 0.05) is 36.8 Å². The van der Waals surface area contributed by atoms with Crippen molar-refractivity contribution in [1.29, 1.82) is 0 Å². The molecular weight excluding hydrogens is 418 g/mol. The molecule has 1 N–H and O–H groups in total. The third kappa shape index (κ3) is 3.72. The first-order valence-electron chi connectivity index (χ1n) is 10.0. The summed E-state index contributed by atoms with van der Waals surface area (Å²) in [4.78, 5) is 29.5. The van der Waals surface area contributed by atoms with Crippen molar-refractivity contribution in [2.45, 2.75) is 6.04 Å². The van der Waals surface area contributed by atoms with Crippen molar-refractivity contribution in [3.8, 4) is 11.5 Å². The smallest absolute Gasteiger partial charge is 0.289 e. The standard InChI is InChI=1S/C23H20ClN3O4/c24-15-7-8-19-17(14-15)25-21(16-4-1-2-5-18(16)31-19)23(29)27-11-9-26(10-12-27)22(28)20-6-3-13-30-20/h1-8,13-14,21,25H,9-12H2. The molecule has 2 aliphatic heterocycles. The molecule has 0 bridgehead atoms. The molecule has 0 saturated carbocycles. The van der Waals surface area contributed by atoms with Crippen molar-refractivity contribution in [2.75, 3.05) is 31.5 Å². The van der Waals surface area contributed by atoms with Crippen LogP contribution in [0.3, 0.4) is 0 Å². The molecule has 1 saturated heterocycles. The molecule has 8 heteroatoms. The number of ether oxygens (including phenoxy) is 1. The summed E-state index contributed by atoms with van der Waals surface area (Å²) in [6, 6.07) is 15.5. The van der Waals surface area contributed by atoms with E-state index >= 15 is 0 Å². The monoisotopic (exact) mass is 437 g/mol. The Balaban J connectivity index is 1.37. The highest BCUT2D eigenvalue weighted by Crippen LogP contribution is 2.41. The number of furan rings is 1. The Kier molecular flexibility index (Phi) is 5.03. The van der Waals surface area contributed by atoms with Crippen LogP contribution in [0.1, 0.15) is 22.2 Å². The van der Waals surface area contributed by atoms with Crippen LogP contribution in [0.15, 0.2) is 65.3 Å². The summed E-state index contributed by atoms with van der Waals surface area (Å²) >= 11 is 6.17. The van der Waals surface area contributed by atoms with Gasteiger partial charge in [0.05, 0.1) is 12.0 Å². The Morgan fingerprint density at radius 1 is 0.935 bits per heavy atom. The van der Waals surface area contributed by atoms with Crippen LogP contribution in [0.25, 0.3) is 0 Å². The molecule has 2 aromatic carbocycles. The quantitative estimate of drug-likeness (QED) is 0.651. The minimum absolute atomic E-state index is 0.0750. The summed E-state index contributed by atoms with van der Waals surface area (Å²) in [6.45, 7) is 1.76. The zero-order valence-electron chi connectivity index (χ0n) is 16.6. The number of piperazine rings is 1. The van der Waals surface area contributed by atoms with Crippen molar-refractivity contribution < 1.29 is 18.7 Å². The van der Waals surface area contributed by atoms with E-state index in [1.807, 2.05) is 24.3 Å². The van der Waals surface area contributed by atoms with E-state index in [2.05, 4.69) is 5.32 Å². The average Bonchev–Trinajstić information content (AvgIpc) is 3.28. The van der Waals surface area contributed by atoms with Gasteiger partial charge in [-0.05, 0) is 36.4 Å². The molecule has 2 aliphatic rings. The second-order valence-corrected chi connectivity index (χ2v) is 7.89. The summed E-state index contributed by atoms with van der Waals surface area (Å²) in [5, 5.41) is 3.87. The average molecular weight is 438 g/mol. The second-order valence-electron chi connectivity index (χ2n) is 7.45. The lowest BCUT2D eigenvalue weighted by Crippen LogP contribution is -2.52. The van der Waals surface area contributed by atoms with Gasteiger partial charge >= 0.3 is 0 Å². The van der Waals surface area contributed by atoms with Crippen LogP contribution < -0.4 is 10.1 Å². The third-order valence-electron chi connectivity index (χ3n) is 5.55. The molecule has 5 rings (SSSR count). The first-order valence-corrected chi connectivity index (χ1v) is 10.4. The lowest BCUT2D eigenvalue weighted by Gasteiger charge is -2.36. The minimum Gasteiger partial charge on any atom is -0.459 e. The molecule has 3 heterocycles. The number of halogens is 1. The number of fused-ring (bicyclic) bond motifs is 2. The highest BCUT2D eigenvalue weighted by Gasteiger charge is 2.34. The topological polar surface area (TPSA) is 75.0 Å². The van der Waals surface area contributed by atoms with E-state index in [1.54, 1.807) is 40.1 Å². The van der Waals surface area contributed by atoms with Gasteiger partial charge in [-0.25, -0.2) is 0 Å². The van der Waals surface area contributed by atoms with Gasteiger partial charge in [0.2, 0.25) is 5.91 Å². The molecule has 0 radical (unpaired) electrons. The molecule has 1 fully saturated rings. The van der Waals surface area contributed by atoms with E-state index in [4.69, 9.17) is 20.8 Å². The minimum atomic E-state index is -0.622. The molecule has 3 aromatic rings. The normalized spacial score (nSPS) is 17.6. The molecule has 1 aromatic heterocycles. The number of carbonyl (C=O) groups excluding carboxylic acids is 2. The highest BCUT2D eigenvalue weighted by molar-refractivity contribution is 6.31. The van der Waals surface area contributed by atoms with E-state index in [9.17, 15) is 9.59 Å². The molecule has 0 spiro atoms. The Bertz CT molecular complexity index is 1120. The van der Waals surface area contributed by atoms with Gasteiger partial charge in [-0.15, -0.1) is 0 Å². The van der Waals surface area contributed by atoms with Gasteiger partial charge in [0.1, 0.15) is 11.8 Å². The van der Waals surface area contributed by atoms with Gasteiger partial charge in [-0.3, -0.25) is 9.59 Å². The molecule has 2 amide bonds. The number of nitrogens with one attached hydrogen (secondary N) is 1. The third-order valence-corrected chi connectivity index (χ3v) is 5.78. The number of carbonyl (C=O) groups is 2. The number of hydrogen-bond donors (Lipinski definition) is 1. The Morgan fingerprint density at radius 3 is 2.48 bits per heavy atom. The summed E-state index contributed by atoms with van der Waals surface area (Å²) in [7, 11) is 0. The van der Waals surface area contributed by atoms with E-state index in [0.717, 1.165) is 5.56 Å². The first kappa shape index (κ1) is 19.5. The number of hydrogen-bond acceptors (Lipinski definition) is 5. The van der Waals surface area contributed by atoms with Gasteiger partial charge < -0.3 is 24.3 Å². The van der Waals surface area contributed by atoms with Gasteiger partial charge in [0.15, 0.2) is 11.5 Å². The maximum atomic E-state index is 13.5. The second kappa shape index (κ2) is 8.00. The largest absolute Gasteiger partial charge is 0.459 e. The van der Waals surface area contributed by atoms with Crippen LogP contribution in [0.5, 0.6) is 11.5 Å². The van der Waals surface area contributed by atoms with Crippen molar-refractivity contribution in [2.24, 2.45) is 0 Å². The number of nitrogens with zero attached hydrogens (tertiary/aromatic N) is 2. The SMILES string of the molecule is O=C(c1ccco1)N1CCN(C(=O)C2Nc3cc(Cl)ccc3Oc3ccccc32)CC1. The van der Waals surface area contributed by atoms with Crippen LogP contribution in [0.4, 0.5) is 5.69 Å². The summed E-state index contributed by atoms with van der Waals surface area (Å²) in [5.74, 6) is 1.31. The lowest BCUT2D eigenvalue weighted by molar-refractivity contribution is -0.133. The van der Waals surface area contributed by atoms with E-state index in [1.165, 1.54) is 6.26 Å². The molecule has 31 heavy (non-hydrogen) atoms. The number of benzene rings is 2. The zero-order chi connectivity index (χ0) is 21.4. The predicted molar refractivity (Wildman–Crippen MR) is 116 cm³/mol. The van der Waals surface area contributed by atoms with Crippen LogP contribution >= 0.6 is 11.6 Å². The zero-order valence-corrected chi connectivity index (χ0v) is 17.3. The van der Waals surface area contributed by atoms with Crippen molar-refractivity contribution in [3.63, 3.8) is 0 Å². The molecule has 0 aliphatic carbocycles. The van der Waals surface area contributed by atoms with Crippen molar-refractivity contribution in [3.05, 3.63) is 77.2 Å². The Hall–Kier alpha value is -3.45. The van der Waals surface area contributed by atoms with Gasteiger partial charge in [-0.1, -0.05) is 29.8 Å². The maximum absolute atomic E-state index is 13.5. The molecule has 7 nitrogen and oxygen atoms in total. The molecule has 1 unspecified atom stereocenters. The summed E-state index contributed by atoms with van der Waals surface area (Å²) < 4.78 is 11.3. The van der Waals surface area contributed by atoms with Crippen LogP contribution in [0.2, 0.25) is 5.02 Å². The molecule has 1 atom stereocenters. The fourth-order valence-electron chi connectivity index (χ4n) is 3.93. The Morgan fingerprint density at radius 2 is 1.71 bits per heavy atom. The van der Waals surface area contributed by atoms with Crippen molar-refractivity contribution >= 4 is 29.1 Å². The number of anilines is 1. The van der Waals surface area contributed by atoms with Gasteiger partial charge in [-0.2, -0.15) is 0 Å². The fourth-order valence-corrected chi connectivity index (χ4v) is 4.10. The van der Waals surface area contributed by atoms with Crippen LogP contribution in [-0.4, -0.2) is 47.8 Å². The summed E-state index contributed by atoms with van der Waals surface area (Å²) in [6.07, 6.45) is 1.48. The van der Waals surface area contributed by atoms with Crippen LogP contribution in [-0.2, 0) is 4.79 Å².